The zero-order valence-electron chi connectivity index (χ0n) is 33.4. The molecule has 0 heterocycles. The Labute approximate surface area is 336 Å². The van der Waals surface area contributed by atoms with Crippen LogP contribution in [0.4, 0.5) is 0 Å². The van der Waals surface area contributed by atoms with Crippen LogP contribution in [0.2, 0.25) is 0 Å². The standard InChI is InChI=1S/C35H37.C9H18.C5H5.2ClH.Zr/c1-22-13-9-11-15-26(22)30-18-24-17-25-19-31(27-16-12-10-14-23(27)2)33(35(6,7)8)21-29(25)28(24)20-32(30)34(3,4)5;1-3-5-7-9-8-6-4-2;1-2-4-5-3-1;;;/h9-21H,1-8H3;3-8H2,1-2H3;1-3H,4H2;2*1H;/q;;;;;+2/p-2. The van der Waals surface area contributed by atoms with E-state index in [-0.39, 0.29) is 35.6 Å². The van der Waals surface area contributed by atoms with E-state index in [1.807, 2.05) is 3.21 Å². The molecule has 0 radical (unpaired) electrons. The Kier molecular flexibility index (Phi) is 14.2. The van der Waals surface area contributed by atoms with Crippen molar-refractivity contribution in [3.63, 3.8) is 0 Å². The van der Waals surface area contributed by atoms with Gasteiger partial charge in [-0.15, -0.1) is 0 Å². The molecule has 4 aromatic carbocycles. The summed E-state index contributed by atoms with van der Waals surface area (Å²) in [4.78, 5) is 0. The summed E-state index contributed by atoms with van der Waals surface area (Å²) in [7, 11) is 0. The molecule has 0 saturated heterocycles. The third-order valence-electron chi connectivity index (χ3n) is 11.2. The van der Waals surface area contributed by atoms with Crippen LogP contribution in [0.3, 0.4) is 0 Å². The van der Waals surface area contributed by atoms with Gasteiger partial charge in [0.2, 0.25) is 0 Å². The fourth-order valence-electron chi connectivity index (χ4n) is 8.53. The first-order chi connectivity index (χ1) is 23.8. The molecule has 4 aromatic rings. The van der Waals surface area contributed by atoms with E-state index in [4.69, 9.17) is 0 Å². The number of fused-ring (bicyclic) bond motifs is 3. The predicted octanol–water partition coefficient (Wildman–Crippen LogP) is 8.33. The summed E-state index contributed by atoms with van der Waals surface area (Å²) in [6, 6.07) is 28.9. The molecule has 0 aromatic heterocycles. The average molecular weight is 811 g/mol. The van der Waals surface area contributed by atoms with Gasteiger partial charge >= 0.3 is 314 Å². The van der Waals surface area contributed by atoms with Gasteiger partial charge in [0, 0.05) is 0 Å². The van der Waals surface area contributed by atoms with E-state index in [1.54, 1.807) is 14.4 Å². The zero-order chi connectivity index (χ0) is 35.8. The van der Waals surface area contributed by atoms with E-state index in [0.717, 1.165) is 6.42 Å². The van der Waals surface area contributed by atoms with E-state index >= 15 is 0 Å². The molecule has 0 N–H and O–H groups in total. The van der Waals surface area contributed by atoms with Gasteiger partial charge in [0.15, 0.2) is 0 Å². The Hall–Kier alpha value is -2.31. The zero-order valence-corrected chi connectivity index (χ0v) is 37.4. The van der Waals surface area contributed by atoms with Gasteiger partial charge in [-0.25, -0.2) is 0 Å². The van der Waals surface area contributed by atoms with Gasteiger partial charge in [-0.2, -0.15) is 0 Å². The molecule has 0 amide bonds. The van der Waals surface area contributed by atoms with Gasteiger partial charge in [0.25, 0.3) is 0 Å². The third kappa shape index (κ3) is 8.49. The number of rotatable bonds is 10. The fourth-order valence-corrected chi connectivity index (χ4v) is 18.0. The van der Waals surface area contributed by atoms with E-state index in [1.165, 1.54) is 94.2 Å². The van der Waals surface area contributed by atoms with Crippen LogP contribution in [0.15, 0.2) is 94.3 Å². The summed E-state index contributed by atoms with van der Waals surface area (Å²) in [5.41, 5.74) is 17.6. The Bertz CT molecular complexity index is 1870. The molecule has 0 atom stereocenters. The first kappa shape index (κ1) is 42.4. The van der Waals surface area contributed by atoms with Crippen molar-refractivity contribution in [3.8, 4) is 33.4 Å². The van der Waals surface area contributed by atoms with Crippen molar-refractivity contribution in [2.45, 2.75) is 129 Å². The number of aryl methyl sites for hydroxylation is 2. The number of benzene rings is 4. The SMILES string of the molecule is CCCC[C](CCCC)=[Zr+2]([C]1=CC=CC1)[CH]1c2cc(-c3ccccc3C)c(C(C)(C)C)cc2-c2cc(C(C)(C)C)c(-c3ccccc3C)cc21.[Cl-].[Cl-]. The second kappa shape index (κ2) is 17.4. The van der Waals surface area contributed by atoms with Crippen molar-refractivity contribution in [2.75, 3.05) is 0 Å². The molecule has 0 spiro atoms. The van der Waals surface area contributed by atoms with Gasteiger partial charge < -0.3 is 24.8 Å². The van der Waals surface area contributed by atoms with Crippen molar-refractivity contribution in [3.05, 3.63) is 128 Å². The number of unbranched alkanes of at least 4 members (excludes halogenated alkanes) is 2. The van der Waals surface area contributed by atoms with Crippen molar-refractivity contribution in [1.29, 1.82) is 0 Å². The third-order valence-corrected chi connectivity index (χ3v) is 19.9. The topological polar surface area (TPSA) is 0 Å². The number of allylic oxidation sites excluding steroid dienone is 4. The predicted molar refractivity (Wildman–Crippen MR) is 217 cm³/mol. The normalized spacial score (nSPS) is 13.4. The van der Waals surface area contributed by atoms with E-state index < -0.39 is 21.3 Å². The number of hydrogen-bond acceptors (Lipinski definition) is 0. The molecular weight excluding hydrogens is 751 g/mol. The van der Waals surface area contributed by atoms with Crippen molar-refractivity contribution in [1.82, 2.24) is 0 Å². The largest absolute Gasteiger partial charge is 1.00 e. The van der Waals surface area contributed by atoms with Crippen LogP contribution in [0, 0.1) is 13.8 Å². The molecule has 0 unspecified atom stereocenters. The number of halogens is 2. The first-order valence-electron chi connectivity index (χ1n) is 19.4. The number of hydrogen-bond donors (Lipinski definition) is 0. The van der Waals surface area contributed by atoms with Crippen LogP contribution in [-0.2, 0) is 32.1 Å². The molecule has 0 nitrogen and oxygen atoms in total. The van der Waals surface area contributed by atoms with E-state index in [2.05, 4.69) is 160 Å². The molecule has 0 fully saturated rings. The van der Waals surface area contributed by atoms with Gasteiger partial charge in [0.05, 0.1) is 0 Å². The average Bonchev–Trinajstić information content (AvgIpc) is 3.71. The maximum absolute atomic E-state index is 2.70. The van der Waals surface area contributed by atoms with Crippen LogP contribution < -0.4 is 24.8 Å². The van der Waals surface area contributed by atoms with Crippen LogP contribution in [0.25, 0.3) is 33.4 Å². The van der Waals surface area contributed by atoms with Crippen molar-refractivity contribution in [2.24, 2.45) is 0 Å². The fraction of sp³-hybridized carbons (Fsp3) is 0.408. The quantitative estimate of drug-likeness (QED) is 0.151. The Balaban J connectivity index is 0.00000302. The van der Waals surface area contributed by atoms with Gasteiger partial charge in [-0.3, -0.25) is 0 Å². The van der Waals surface area contributed by atoms with Crippen molar-refractivity contribution < 1.29 is 46.1 Å². The van der Waals surface area contributed by atoms with E-state index in [0.29, 0.717) is 3.63 Å². The second-order valence-electron chi connectivity index (χ2n) is 17.1. The maximum Gasteiger partial charge on any atom is -1.00 e. The summed E-state index contributed by atoms with van der Waals surface area (Å²) in [5.74, 6) is 0. The Morgan fingerprint density at radius 3 is 1.42 bits per heavy atom. The smallest absolute Gasteiger partial charge is 1.00 e. The summed E-state index contributed by atoms with van der Waals surface area (Å²) in [5, 5.41) is 0. The second-order valence-corrected chi connectivity index (χ2v) is 23.9. The van der Waals surface area contributed by atoms with Crippen LogP contribution in [0.1, 0.15) is 137 Å². The summed E-state index contributed by atoms with van der Waals surface area (Å²) < 4.78 is 4.24. The molecule has 6 rings (SSSR count). The summed E-state index contributed by atoms with van der Waals surface area (Å²) in [6.07, 6.45) is 16.3. The molecule has 274 valence electrons. The minimum atomic E-state index is -2.49. The minimum absolute atomic E-state index is 0. The van der Waals surface area contributed by atoms with Crippen LogP contribution >= 0.6 is 0 Å². The molecule has 2 aliphatic rings. The molecule has 0 bridgehead atoms. The van der Waals surface area contributed by atoms with Crippen molar-refractivity contribution >= 4 is 3.21 Å². The van der Waals surface area contributed by atoms with Gasteiger partial charge in [-0.05, 0) is 0 Å². The van der Waals surface area contributed by atoms with Gasteiger partial charge in [-0.1, -0.05) is 0 Å². The summed E-state index contributed by atoms with van der Waals surface area (Å²) in [6.45, 7) is 23.8. The molecule has 52 heavy (non-hydrogen) atoms. The van der Waals surface area contributed by atoms with Gasteiger partial charge in [0.1, 0.15) is 0 Å². The molecule has 0 aliphatic heterocycles. The Morgan fingerprint density at radius 1 is 0.615 bits per heavy atom. The molecule has 2 aliphatic carbocycles. The van der Waals surface area contributed by atoms with Crippen LogP contribution in [-0.4, -0.2) is 3.21 Å². The molecule has 0 saturated carbocycles. The molecule has 3 heteroatoms. The molecular formula is C49H60Cl2Zr. The van der Waals surface area contributed by atoms with Crippen LogP contribution in [0.5, 0.6) is 0 Å². The summed E-state index contributed by atoms with van der Waals surface area (Å²) >= 11 is -2.49. The minimum Gasteiger partial charge on any atom is -1.00 e. The monoisotopic (exact) mass is 808 g/mol. The maximum atomic E-state index is 2.70. The Morgan fingerprint density at radius 2 is 1.06 bits per heavy atom. The van der Waals surface area contributed by atoms with E-state index in [9.17, 15) is 0 Å². The first-order valence-corrected chi connectivity index (χ1v) is 23.3.